The molecule has 0 spiro atoms. The van der Waals surface area contributed by atoms with Crippen molar-refractivity contribution in [3.63, 3.8) is 0 Å². The molecule has 4 nitrogen and oxygen atoms in total. The van der Waals surface area contributed by atoms with Crippen molar-refractivity contribution in [3.05, 3.63) is 12.2 Å². The molecule has 1 atom stereocenters. The lowest BCUT2D eigenvalue weighted by Gasteiger charge is -2.44. The summed E-state index contributed by atoms with van der Waals surface area (Å²) in [6.45, 7) is 2.19. The number of aromatic nitrogens is 3. The molecular weight excluding hydrogens is 212 g/mol. The molecule has 0 amide bonds. The maximum absolute atomic E-state index is 4.25. The Morgan fingerprint density at radius 2 is 1.88 bits per heavy atom. The van der Waals surface area contributed by atoms with E-state index < -0.39 is 0 Å². The van der Waals surface area contributed by atoms with Crippen LogP contribution in [0.4, 0.5) is 0 Å². The van der Waals surface area contributed by atoms with Crippen molar-refractivity contribution in [1.82, 2.24) is 20.5 Å². The van der Waals surface area contributed by atoms with Crippen molar-refractivity contribution in [2.24, 2.45) is 11.8 Å². The molecule has 0 aliphatic heterocycles. The Bertz CT molecular complexity index is 326. The van der Waals surface area contributed by atoms with Crippen LogP contribution in [0.15, 0.2) is 6.33 Å². The van der Waals surface area contributed by atoms with Crippen LogP contribution in [0.25, 0.3) is 0 Å². The van der Waals surface area contributed by atoms with E-state index >= 15 is 0 Å². The lowest BCUT2D eigenvalue weighted by molar-refractivity contribution is 0.114. The quantitative estimate of drug-likeness (QED) is 0.822. The van der Waals surface area contributed by atoms with Crippen LogP contribution >= 0.6 is 0 Å². The smallest absolute Gasteiger partial charge is 0.141 e. The minimum absolute atomic E-state index is 0.295. The van der Waals surface area contributed by atoms with Gasteiger partial charge in [-0.05, 0) is 44.4 Å². The lowest BCUT2D eigenvalue weighted by atomic mass is 9.68. The summed E-state index contributed by atoms with van der Waals surface area (Å²) in [6, 6.07) is 1.00. The van der Waals surface area contributed by atoms with Gasteiger partial charge in [-0.25, -0.2) is 4.98 Å². The van der Waals surface area contributed by atoms with E-state index in [0.717, 1.165) is 17.7 Å². The van der Waals surface area contributed by atoms with Gasteiger partial charge in [0, 0.05) is 6.04 Å². The zero-order chi connectivity index (χ0) is 11.7. The summed E-state index contributed by atoms with van der Waals surface area (Å²) in [4.78, 5) is 4.25. The van der Waals surface area contributed by atoms with Gasteiger partial charge < -0.3 is 5.32 Å². The predicted molar refractivity (Wildman–Crippen MR) is 66.4 cm³/mol. The van der Waals surface area contributed by atoms with Gasteiger partial charge in [0.1, 0.15) is 12.2 Å². The molecule has 4 heteroatoms. The molecule has 2 N–H and O–H groups in total. The summed E-state index contributed by atoms with van der Waals surface area (Å²) >= 11 is 0. The van der Waals surface area contributed by atoms with Crippen LogP contribution < -0.4 is 5.32 Å². The number of H-pyrrole nitrogens is 1. The molecule has 2 saturated carbocycles. The average molecular weight is 234 g/mol. The van der Waals surface area contributed by atoms with Gasteiger partial charge in [-0.3, -0.25) is 5.10 Å². The second kappa shape index (κ2) is 4.77. The summed E-state index contributed by atoms with van der Waals surface area (Å²) in [5, 5.41) is 10.7. The molecule has 0 aromatic carbocycles. The van der Waals surface area contributed by atoms with Crippen molar-refractivity contribution in [3.8, 4) is 0 Å². The monoisotopic (exact) mass is 234 g/mol. The van der Waals surface area contributed by atoms with Gasteiger partial charge in [-0.1, -0.05) is 12.8 Å². The van der Waals surface area contributed by atoms with Crippen LogP contribution in [0.1, 0.15) is 57.3 Å². The van der Waals surface area contributed by atoms with E-state index in [-0.39, 0.29) is 0 Å². The average Bonchev–Trinajstić information content (AvgIpc) is 2.63. The standard InChI is InChI=1S/C13H22N4/c1-9(13-14-8-15-17-13)16-12(10-4-2-5-10)11-6-3-7-11/h8-12,16H,2-7H2,1H3,(H,14,15,17). The summed E-state index contributed by atoms with van der Waals surface area (Å²) in [5.41, 5.74) is 0. The molecule has 0 radical (unpaired) electrons. The lowest BCUT2D eigenvalue weighted by Crippen LogP contribution is -2.48. The molecule has 1 aromatic rings. The third kappa shape index (κ3) is 2.23. The van der Waals surface area contributed by atoms with Crippen molar-refractivity contribution in [1.29, 1.82) is 0 Å². The highest BCUT2D eigenvalue weighted by Gasteiger charge is 2.36. The fourth-order valence-electron chi connectivity index (χ4n) is 3.05. The Hall–Kier alpha value is -0.900. The fraction of sp³-hybridized carbons (Fsp3) is 0.846. The maximum Gasteiger partial charge on any atom is 0.141 e. The Morgan fingerprint density at radius 3 is 2.29 bits per heavy atom. The van der Waals surface area contributed by atoms with Crippen LogP contribution in [0, 0.1) is 11.8 Å². The topological polar surface area (TPSA) is 53.6 Å². The van der Waals surface area contributed by atoms with Crippen LogP contribution in [0.5, 0.6) is 0 Å². The van der Waals surface area contributed by atoms with Gasteiger partial charge in [0.05, 0.1) is 6.04 Å². The first kappa shape index (κ1) is 11.2. The highest BCUT2D eigenvalue weighted by molar-refractivity contribution is 4.96. The SMILES string of the molecule is CC(NC(C1CCC1)C1CCC1)c1ncn[nH]1. The first-order valence-corrected chi connectivity index (χ1v) is 6.96. The Labute approximate surface area is 103 Å². The summed E-state index contributed by atoms with van der Waals surface area (Å²) in [7, 11) is 0. The van der Waals surface area contributed by atoms with E-state index in [1.54, 1.807) is 6.33 Å². The minimum Gasteiger partial charge on any atom is -0.304 e. The molecule has 0 bridgehead atoms. The first-order valence-electron chi connectivity index (χ1n) is 6.96. The maximum atomic E-state index is 4.25. The van der Waals surface area contributed by atoms with Crippen molar-refractivity contribution in [2.75, 3.05) is 0 Å². The predicted octanol–water partition coefficient (Wildman–Crippen LogP) is 2.42. The number of hydrogen-bond acceptors (Lipinski definition) is 3. The van der Waals surface area contributed by atoms with Gasteiger partial charge in [0.25, 0.3) is 0 Å². The highest BCUT2D eigenvalue weighted by atomic mass is 15.2. The van der Waals surface area contributed by atoms with Gasteiger partial charge in [-0.2, -0.15) is 5.10 Å². The van der Waals surface area contributed by atoms with Crippen LogP contribution in [0.2, 0.25) is 0 Å². The summed E-state index contributed by atoms with van der Waals surface area (Å²) in [5.74, 6) is 2.78. The van der Waals surface area contributed by atoms with E-state index in [0.29, 0.717) is 12.1 Å². The van der Waals surface area contributed by atoms with Gasteiger partial charge in [-0.15, -0.1) is 0 Å². The number of hydrogen-bond donors (Lipinski definition) is 2. The molecule has 1 heterocycles. The second-order valence-corrected chi connectivity index (χ2v) is 5.67. The third-order valence-corrected chi connectivity index (χ3v) is 4.60. The van der Waals surface area contributed by atoms with E-state index in [4.69, 9.17) is 0 Å². The molecular formula is C13H22N4. The first-order chi connectivity index (χ1) is 8.34. The number of aromatic amines is 1. The summed E-state index contributed by atoms with van der Waals surface area (Å²) < 4.78 is 0. The van der Waals surface area contributed by atoms with Crippen molar-refractivity contribution >= 4 is 0 Å². The molecule has 2 fully saturated rings. The Morgan fingerprint density at radius 1 is 1.24 bits per heavy atom. The molecule has 0 saturated heterocycles. The molecule has 17 heavy (non-hydrogen) atoms. The van der Waals surface area contributed by atoms with E-state index in [1.807, 2.05) is 0 Å². The molecule has 1 unspecified atom stereocenters. The number of nitrogens with zero attached hydrogens (tertiary/aromatic N) is 2. The minimum atomic E-state index is 0.295. The summed E-state index contributed by atoms with van der Waals surface area (Å²) in [6.07, 6.45) is 10.1. The van der Waals surface area contributed by atoms with Crippen molar-refractivity contribution < 1.29 is 0 Å². The Balaban J connectivity index is 1.62. The molecule has 1 aromatic heterocycles. The fourth-order valence-corrected chi connectivity index (χ4v) is 3.05. The van der Waals surface area contributed by atoms with E-state index in [9.17, 15) is 0 Å². The van der Waals surface area contributed by atoms with E-state index in [2.05, 4.69) is 27.4 Å². The molecule has 2 aliphatic rings. The van der Waals surface area contributed by atoms with Gasteiger partial charge in [0.2, 0.25) is 0 Å². The molecule has 2 aliphatic carbocycles. The molecule has 3 rings (SSSR count). The zero-order valence-electron chi connectivity index (χ0n) is 10.5. The van der Waals surface area contributed by atoms with Gasteiger partial charge in [0.15, 0.2) is 0 Å². The van der Waals surface area contributed by atoms with Gasteiger partial charge >= 0.3 is 0 Å². The van der Waals surface area contributed by atoms with Crippen molar-refractivity contribution in [2.45, 2.75) is 57.5 Å². The normalized spacial score (nSPS) is 23.4. The highest BCUT2D eigenvalue weighted by Crippen LogP contribution is 2.40. The zero-order valence-corrected chi connectivity index (χ0v) is 10.5. The number of nitrogens with one attached hydrogen (secondary N) is 2. The van der Waals surface area contributed by atoms with Crippen LogP contribution in [0.3, 0.4) is 0 Å². The molecule has 94 valence electrons. The number of rotatable bonds is 5. The Kier molecular flexibility index (Phi) is 3.14. The second-order valence-electron chi connectivity index (χ2n) is 5.67. The van der Waals surface area contributed by atoms with E-state index in [1.165, 1.54) is 38.5 Å². The largest absolute Gasteiger partial charge is 0.304 e. The van der Waals surface area contributed by atoms with Crippen LogP contribution in [-0.4, -0.2) is 21.2 Å². The van der Waals surface area contributed by atoms with Crippen LogP contribution in [-0.2, 0) is 0 Å². The third-order valence-electron chi connectivity index (χ3n) is 4.60.